The third-order valence-electron chi connectivity index (χ3n) is 6.22. The molecule has 7 nitrogen and oxygen atoms in total. The highest BCUT2D eigenvalue weighted by Gasteiger charge is 2.33. The van der Waals surface area contributed by atoms with Gasteiger partial charge in [-0.1, -0.05) is 50.0 Å². The van der Waals surface area contributed by atoms with Crippen LogP contribution >= 0.6 is 36.4 Å². The summed E-state index contributed by atoms with van der Waals surface area (Å²) < 4.78 is 12.2. The molecule has 3 aromatic carbocycles. The molecule has 0 radical (unpaired) electrons. The summed E-state index contributed by atoms with van der Waals surface area (Å²) in [7, 11) is 0. The molecule has 1 aliphatic heterocycles. The molecular weight excluding hydrogens is 566 g/mol. The summed E-state index contributed by atoms with van der Waals surface area (Å²) in [6, 6.07) is 21.4. The van der Waals surface area contributed by atoms with Gasteiger partial charge in [-0.15, -0.1) is 12.4 Å². The van der Waals surface area contributed by atoms with Crippen LogP contribution in [0, 0.1) is 0 Å². The van der Waals surface area contributed by atoms with Crippen molar-refractivity contribution in [2.45, 2.75) is 20.3 Å². The van der Waals surface area contributed by atoms with Crippen LogP contribution in [0.15, 0.2) is 77.7 Å². The van der Waals surface area contributed by atoms with E-state index in [1.165, 1.54) is 11.8 Å². The molecule has 0 aliphatic carbocycles. The Hall–Kier alpha value is -3.37. The summed E-state index contributed by atoms with van der Waals surface area (Å²) in [4.78, 5) is 28.9. The van der Waals surface area contributed by atoms with E-state index in [-0.39, 0.29) is 18.3 Å². The number of nitrogens with two attached hydrogens (primary N) is 1. The summed E-state index contributed by atoms with van der Waals surface area (Å²) in [5, 5.41) is 0. The number of hydrogen-bond donors (Lipinski definition) is 1. The lowest BCUT2D eigenvalue weighted by molar-refractivity contribution is -0.113. The minimum absolute atomic E-state index is 0. The maximum atomic E-state index is 13.2. The predicted octanol–water partition coefficient (Wildman–Crippen LogP) is 6.52. The van der Waals surface area contributed by atoms with Gasteiger partial charge in [0.05, 0.1) is 17.2 Å². The number of rotatable bonds is 12. The van der Waals surface area contributed by atoms with Gasteiger partial charge in [0.15, 0.2) is 4.32 Å². The molecule has 0 saturated carbocycles. The second-order valence-corrected chi connectivity index (χ2v) is 10.5. The van der Waals surface area contributed by atoms with Crippen LogP contribution in [0.3, 0.4) is 0 Å². The van der Waals surface area contributed by atoms with E-state index in [1.807, 2.05) is 54.6 Å². The van der Waals surface area contributed by atoms with E-state index in [2.05, 4.69) is 18.7 Å². The molecule has 0 atom stereocenters. The molecule has 2 amide bonds. The Balaban J connectivity index is 0.00000441. The number of amides is 2. The normalized spacial score (nSPS) is 14.0. The Morgan fingerprint density at radius 3 is 2.10 bits per heavy atom. The molecule has 40 heavy (non-hydrogen) atoms. The van der Waals surface area contributed by atoms with Gasteiger partial charge in [0.1, 0.15) is 17.2 Å². The number of benzene rings is 3. The average molecular weight is 598 g/mol. The molecule has 1 fully saturated rings. The van der Waals surface area contributed by atoms with E-state index in [0.717, 1.165) is 37.4 Å². The van der Waals surface area contributed by atoms with Crippen LogP contribution in [0.5, 0.6) is 17.2 Å². The monoisotopic (exact) mass is 597 g/mol. The highest BCUT2D eigenvalue weighted by Crippen LogP contribution is 2.36. The molecule has 10 heteroatoms. The maximum absolute atomic E-state index is 13.2. The number of halogens is 1. The molecule has 4 rings (SSSR count). The smallest absolute Gasteiger partial charge is 0.270 e. The molecule has 0 bridgehead atoms. The largest absolute Gasteiger partial charge is 0.494 e. The third kappa shape index (κ3) is 8.08. The Morgan fingerprint density at radius 2 is 1.52 bits per heavy atom. The predicted molar refractivity (Wildman–Crippen MR) is 169 cm³/mol. The number of anilines is 1. The second-order valence-electron chi connectivity index (χ2n) is 8.80. The molecule has 210 valence electrons. The first-order chi connectivity index (χ1) is 18.9. The van der Waals surface area contributed by atoms with Gasteiger partial charge in [0.2, 0.25) is 5.91 Å². The molecule has 1 heterocycles. The fourth-order valence-corrected chi connectivity index (χ4v) is 5.31. The zero-order valence-corrected chi connectivity index (χ0v) is 24.8. The van der Waals surface area contributed by atoms with Gasteiger partial charge in [-0.3, -0.25) is 14.5 Å². The topological polar surface area (TPSA) is 85.1 Å². The average Bonchev–Trinajstić information content (AvgIpc) is 3.22. The SMILES string of the molecule is CCN(CC)CCCOc1ccc(N2C(=O)C(=Cc3ccc(Oc4ccc(C(N)=O)cc4)cc3)SC2=S)cc1.Cl. The molecule has 3 aromatic rings. The van der Waals surface area contributed by atoms with E-state index in [1.54, 1.807) is 29.2 Å². The van der Waals surface area contributed by atoms with E-state index in [9.17, 15) is 9.59 Å². The van der Waals surface area contributed by atoms with E-state index in [0.29, 0.717) is 38.6 Å². The Bertz CT molecular complexity index is 1340. The van der Waals surface area contributed by atoms with Crippen LogP contribution in [0.25, 0.3) is 6.08 Å². The molecule has 2 N–H and O–H groups in total. The maximum Gasteiger partial charge on any atom is 0.270 e. The number of carbonyl (C=O) groups excluding carboxylic acids is 2. The summed E-state index contributed by atoms with van der Waals surface area (Å²) in [6.45, 7) is 8.06. The zero-order chi connectivity index (χ0) is 27.8. The van der Waals surface area contributed by atoms with Gasteiger partial charge >= 0.3 is 0 Å². The molecular formula is C30H32ClN3O4S2. The Kier molecular flexibility index (Phi) is 11.6. The van der Waals surface area contributed by atoms with Crippen molar-refractivity contribution in [3.8, 4) is 17.2 Å². The number of thiocarbonyl (C=S) groups is 1. The van der Waals surface area contributed by atoms with E-state index in [4.69, 9.17) is 27.4 Å². The van der Waals surface area contributed by atoms with Gasteiger partial charge in [-0.05, 0) is 91.8 Å². The number of carbonyl (C=O) groups is 2. The van der Waals surface area contributed by atoms with Crippen LogP contribution in [0.2, 0.25) is 0 Å². The number of thioether (sulfide) groups is 1. The van der Waals surface area contributed by atoms with Gasteiger partial charge in [0, 0.05) is 12.1 Å². The zero-order valence-electron chi connectivity index (χ0n) is 22.4. The molecule has 1 saturated heterocycles. The van der Waals surface area contributed by atoms with Gasteiger partial charge < -0.3 is 20.1 Å². The Morgan fingerprint density at radius 1 is 0.950 bits per heavy atom. The first kappa shape index (κ1) is 31.2. The van der Waals surface area contributed by atoms with Gasteiger partial charge in [0.25, 0.3) is 5.91 Å². The van der Waals surface area contributed by atoms with Gasteiger partial charge in [-0.25, -0.2) is 0 Å². The number of primary amides is 1. The molecule has 1 aliphatic rings. The van der Waals surface area contributed by atoms with E-state index < -0.39 is 5.91 Å². The Labute approximate surface area is 250 Å². The molecule has 0 unspecified atom stereocenters. The number of nitrogens with zero attached hydrogens (tertiary/aromatic N) is 2. The fraction of sp³-hybridized carbons (Fsp3) is 0.233. The number of ether oxygens (including phenoxy) is 2. The molecule has 0 spiro atoms. The number of hydrogen-bond acceptors (Lipinski definition) is 7. The van der Waals surface area contributed by atoms with Crippen molar-refractivity contribution in [1.82, 2.24) is 4.90 Å². The lowest BCUT2D eigenvalue weighted by Crippen LogP contribution is -2.27. The highest BCUT2D eigenvalue weighted by atomic mass is 35.5. The van der Waals surface area contributed by atoms with Crippen molar-refractivity contribution < 1.29 is 19.1 Å². The summed E-state index contributed by atoms with van der Waals surface area (Å²) >= 11 is 6.79. The van der Waals surface area contributed by atoms with Crippen LogP contribution in [0.4, 0.5) is 5.69 Å². The van der Waals surface area contributed by atoms with Crippen LogP contribution in [-0.4, -0.2) is 47.3 Å². The lowest BCUT2D eigenvalue weighted by atomic mass is 10.2. The van der Waals surface area contributed by atoms with Gasteiger partial charge in [-0.2, -0.15) is 0 Å². The van der Waals surface area contributed by atoms with Crippen molar-refractivity contribution in [3.05, 3.63) is 88.8 Å². The lowest BCUT2D eigenvalue weighted by Gasteiger charge is -2.18. The van der Waals surface area contributed by atoms with Crippen molar-refractivity contribution >= 4 is 64.3 Å². The standard InChI is InChI=1S/C30H31N3O4S2.ClH/c1-3-32(4-2)18-5-19-36-24-16-10-23(11-17-24)33-29(35)27(39-30(33)38)20-21-6-12-25(13-7-21)37-26-14-8-22(9-15-26)28(31)34;/h6-17,20H,3-5,18-19H2,1-2H3,(H2,31,34);1H. The van der Waals surface area contributed by atoms with Crippen molar-refractivity contribution in [1.29, 1.82) is 0 Å². The van der Waals surface area contributed by atoms with E-state index >= 15 is 0 Å². The highest BCUT2D eigenvalue weighted by molar-refractivity contribution is 8.27. The van der Waals surface area contributed by atoms with Crippen molar-refractivity contribution in [2.75, 3.05) is 31.1 Å². The summed E-state index contributed by atoms with van der Waals surface area (Å²) in [6.07, 6.45) is 2.78. The minimum atomic E-state index is -0.487. The van der Waals surface area contributed by atoms with Crippen molar-refractivity contribution in [3.63, 3.8) is 0 Å². The first-order valence-electron chi connectivity index (χ1n) is 12.8. The summed E-state index contributed by atoms with van der Waals surface area (Å²) in [5.74, 6) is 1.34. The van der Waals surface area contributed by atoms with Crippen molar-refractivity contribution in [2.24, 2.45) is 5.73 Å². The second kappa shape index (κ2) is 14.9. The third-order valence-corrected chi connectivity index (χ3v) is 7.53. The van der Waals surface area contributed by atoms with Crippen LogP contribution < -0.4 is 20.1 Å². The molecule has 0 aromatic heterocycles. The van der Waals surface area contributed by atoms with Crippen LogP contribution in [-0.2, 0) is 4.79 Å². The summed E-state index contributed by atoms with van der Waals surface area (Å²) in [5.41, 5.74) is 7.25. The minimum Gasteiger partial charge on any atom is -0.494 e. The quantitative estimate of drug-likeness (QED) is 0.145. The first-order valence-corrected chi connectivity index (χ1v) is 14.0. The fourth-order valence-electron chi connectivity index (χ4n) is 4.01. The van der Waals surface area contributed by atoms with Crippen LogP contribution in [0.1, 0.15) is 36.2 Å².